The minimum atomic E-state index is -0.221. The summed E-state index contributed by atoms with van der Waals surface area (Å²) in [5.41, 5.74) is 7.46. The van der Waals surface area contributed by atoms with Gasteiger partial charge in [-0.25, -0.2) is 0 Å². The van der Waals surface area contributed by atoms with Crippen molar-refractivity contribution in [2.75, 3.05) is 5.32 Å². The molecular weight excluding hydrogens is 314 g/mol. The number of halogens is 1. The molecular formula is C17H26ClN3O2. The summed E-state index contributed by atoms with van der Waals surface area (Å²) < 4.78 is 0. The molecule has 0 saturated heterocycles. The van der Waals surface area contributed by atoms with E-state index < -0.39 is 0 Å². The van der Waals surface area contributed by atoms with Crippen molar-refractivity contribution in [3.05, 3.63) is 29.8 Å². The minimum absolute atomic E-state index is 0. The zero-order valence-corrected chi connectivity index (χ0v) is 14.5. The number of hydrogen-bond acceptors (Lipinski definition) is 3. The second-order valence-electron chi connectivity index (χ2n) is 6.18. The Labute approximate surface area is 143 Å². The molecule has 0 aromatic heterocycles. The van der Waals surface area contributed by atoms with Gasteiger partial charge in [-0.1, -0.05) is 25.5 Å². The summed E-state index contributed by atoms with van der Waals surface area (Å²) >= 11 is 0. The van der Waals surface area contributed by atoms with E-state index in [0.29, 0.717) is 6.54 Å². The van der Waals surface area contributed by atoms with Crippen LogP contribution in [0.4, 0.5) is 5.69 Å². The fraction of sp³-hybridized carbons (Fsp3) is 0.529. The normalized spacial score (nSPS) is 16.5. The topological polar surface area (TPSA) is 84.2 Å². The molecule has 2 rings (SSSR count). The van der Waals surface area contributed by atoms with Crippen LogP contribution in [0.25, 0.3) is 0 Å². The van der Waals surface area contributed by atoms with Crippen molar-refractivity contribution >= 4 is 29.9 Å². The molecule has 0 heterocycles. The molecule has 0 bridgehead atoms. The van der Waals surface area contributed by atoms with Gasteiger partial charge >= 0.3 is 0 Å². The van der Waals surface area contributed by atoms with Crippen LogP contribution < -0.4 is 16.4 Å². The fourth-order valence-corrected chi connectivity index (χ4v) is 2.26. The zero-order valence-electron chi connectivity index (χ0n) is 13.7. The van der Waals surface area contributed by atoms with Gasteiger partial charge in [-0.05, 0) is 37.5 Å². The van der Waals surface area contributed by atoms with Gasteiger partial charge in [0.05, 0.1) is 0 Å². The van der Waals surface area contributed by atoms with Gasteiger partial charge in [0, 0.05) is 30.1 Å². The monoisotopic (exact) mass is 339 g/mol. The largest absolute Gasteiger partial charge is 0.352 e. The average Bonchev–Trinajstić information content (AvgIpc) is 2.42. The number of nitrogens with one attached hydrogen (secondary N) is 2. The molecule has 0 radical (unpaired) electrons. The Morgan fingerprint density at radius 2 is 2.00 bits per heavy atom. The molecule has 2 unspecified atom stereocenters. The van der Waals surface area contributed by atoms with Crippen LogP contribution in [-0.4, -0.2) is 17.9 Å². The summed E-state index contributed by atoms with van der Waals surface area (Å²) in [5.74, 6) is -0.0197. The molecule has 4 N–H and O–H groups in total. The maximum absolute atomic E-state index is 11.9. The first-order chi connectivity index (χ1) is 10.5. The third-order valence-corrected chi connectivity index (χ3v) is 4.34. The summed E-state index contributed by atoms with van der Waals surface area (Å²) in [6.07, 6.45) is 3.11. The first-order valence-electron chi connectivity index (χ1n) is 7.90. The molecule has 2 amide bonds. The van der Waals surface area contributed by atoms with E-state index in [1.54, 1.807) is 0 Å². The molecule has 1 aromatic rings. The van der Waals surface area contributed by atoms with Crippen molar-refractivity contribution in [1.29, 1.82) is 0 Å². The van der Waals surface area contributed by atoms with E-state index >= 15 is 0 Å². The number of anilines is 1. The fourth-order valence-electron chi connectivity index (χ4n) is 2.26. The Balaban J connectivity index is 0.00000264. The molecule has 1 saturated carbocycles. The first-order valence-corrected chi connectivity index (χ1v) is 7.90. The SMILES string of the molecule is CC(N)C(C)C(=O)NCc1cccc(NC(=O)C2CCC2)c1.Cl. The average molecular weight is 340 g/mol. The van der Waals surface area contributed by atoms with E-state index in [0.717, 1.165) is 30.5 Å². The zero-order chi connectivity index (χ0) is 16.1. The summed E-state index contributed by atoms with van der Waals surface area (Å²) in [5, 5.41) is 5.82. The van der Waals surface area contributed by atoms with E-state index in [2.05, 4.69) is 10.6 Å². The van der Waals surface area contributed by atoms with Gasteiger partial charge in [-0.2, -0.15) is 0 Å². The highest BCUT2D eigenvalue weighted by atomic mass is 35.5. The molecule has 0 aliphatic heterocycles. The summed E-state index contributed by atoms with van der Waals surface area (Å²) in [6, 6.07) is 7.40. The molecule has 1 fully saturated rings. The second-order valence-corrected chi connectivity index (χ2v) is 6.18. The van der Waals surface area contributed by atoms with E-state index in [1.165, 1.54) is 0 Å². The van der Waals surface area contributed by atoms with E-state index in [1.807, 2.05) is 38.1 Å². The van der Waals surface area contributed by atoms with Gasteiger partial charge in [0.2, 0.25) is 11.8 Å². The number of rotatable bonds is 6. The Hall–Kier alpha value is -1.59. The molecule has 0 spiro atoms. The Morgan fingerprint density at radius 1 is 1.30 bits per heavy atom. The number of hydrogen-bond donors (Lipinski definition) is 3. The highest BCUT2D eigenvalue weighted by Crippen LogP contribution is 2.27. The number of carbonyl (C=O) groups is 2. The van der Waals surface area contributed by atoms with Crippen LogP contribution >= 0.6 is 12.4 Å². The minimum Gasteiger partial charge on any atom is -0.352 e. The van der Waals surface area contributed by atoms with Crippen LogP contribution in [-0.2, 0) is 16.1 Å². The molecule has 2 atom stereocenters. The van der Waals surface area contributed by atoms with Gasteiger partial charge < -0.3 is 16.4 Å². The Morgan fingerprint density at radius 3 is 2.57 bits per heavy atom. The number of amides is 2. The molecule has 5 nitrogen and oxygen atoms in total. The van der Waals surface area contributed by atoms with Gasteiger partial charge in [0.25, 0.3) is 0 Å². The Kier molecular flexibility index (Phi) is 7.52. The molecule has 6 heteroatoms. The maximum atomic E-state index is 11.9. The van der Waals surface area contributed by atoms with Crippen molar-refractivity contribution in [2.24, 2.45) is 17.6 Å². The molecule has 1 aliphatic rings. The lowest BCUT2D eigenvalue weighted by molar-refractivity contribution is -0.125. The van der Waals surface area contributed by atoms with Crippen molar-refractivity contribution in [3.8, 4) is 0 Å². The van der Waals surface area contributed by atoms with Crippen LogP contribution in [0.15, 0.2) is 24.3 Å². The predicted octanol–water partition coefficient (Wildman–Crippen LogP) is 2.45. The van der Waals surface area contributed by atoms with Gasteiger partial charge in [-0.15, -0.1) is 12.4 Å². The van der Waals surface area contributed by atoms with E-state index in [4.69, 9.17) is 5.73 Å². The van der Waals surface area contributed by atoms with Crippen LogP contribution in [0.1, 0.15) is 38.7 Å². The second kappa shape index (κ2) is 8.89. The predicted molar refractivity (Wildman–Crippen MR) is 94.3 cm³/mol. The summed E-state index contributed by atoms with van der Waals surface area (Å²) in [6.45, 7) is 4.07. The summed E-state index contributed by atoms with van der Waals surface area (Å²) in [4.78, 5) is 23.8. The smallest absolute Gasteiger partial charge is 0.227 e. The lowest BCUT2D eigenvalue weighted by atomic mass is 9.85. The van der Waals surface area contributed by atoms with Crippen molar-refractivity contribution in [2.45, 2.75) is 45.7 Å². The van der Waals surface area contributed by atoms with Crippen LogP contribution in [0, 0.1) is 11.8 Å². The molecule has 23 heavy (non-hydrogen) atoms. The summed E-state index contributed by atoms with van der Waals surface area (Å²) in [7, 11) is 0. The van der Waals surface area contributed by atoms with Crippen molar-refractivity contribution < 1.29 is 9.59 Å². The third kappa shape index (κ3) is 5.52. The van der Waals surface area contributed by atoms with Crippen LogP contribution in [0.3, 0.4) is 0 Å². The van der Waals surface area contributed by atoms with Gasteiger partial charge in [0.1, 0.15) is 0 Å². The van der Waals surface area contributed by atoms with E-state index in [-0.39, 0.29) is 42.1 Å². The van der Waals surface area contributed by atoms with Gasteiger partial charge in [0.15, 0.2) is 0 Å². The number of carbonyl (C=O) groups excluding carboxylic acids is 2. The standard InChI is InChI=1S/C17H25N3O2.ClH/c1-11(12(2)18)16(21)19-10-13-5-3-8-15(9-13)20-17(22)14-6-4-7-14;/h3,5,8-9,11-12,14H,4,6-7,10,18H2,1-2H3,(H,19,21)(H,20,22);1H. The third-order valence-electron chi connectivity index (χ3n) is 4.34. The van der Waals surface area contributed by atoms with Crippen LogP contribution in [0.5, 0.6) is 0 Å². The molecule has 128 valence electrons. The highest BCUT2D eigenvalue weighted by molar-refractivity contribution is 5.93. The molecule has 1 aliphatic carbocycles. The first kappa shape index (κ1) is 19.5. The van der Waals surface area contributed by atoms with Crippen molar-refractivity contribution in [1.82, 2.24) is 5.32 Å². The number of nitrogens with two attached hydrogens (primary N) is 1. The lowest BCUT2D eigenvalue weighted by Gasteiger charge is -2.24. The lowest BCUT2D eigenvalue weighted by Crippen LogP contribution is -2.38. The quantitative estimate of drug-likeness (QED) is 0.744. The van der Waals surface area contributed by atoms with Crippen molar-refractivity contribution in [3.63, 3.8) is 0 Å². The maximum Gasteiger partial charge on any atom is 0.227 e. The van der Waals surface area contributed by atoms with Gasteiger partial charge in [-0.3, -0.25) is 9.59 Å². The highest BCUT2D eigenvalue weighted by Gasteiger charge is 2.25. The number of benzene rings is 1. The van der Waals surface area contributed by atoms with E-state index in [9.17, 15) is 9.59 Å². The Bertz CT molecular complexity index is 544. The molecule has 1 aromatic carbocycles. The van der Waals surface area contributed by atoms with Crippen LogP contribution in [0.2, 0.25) is 0 Å².